The molecule has 2 aromatic carbocycles. The van der Waals surface area contributed by atoms with E-state index in [-0.39, 0.29) is 5.91 Å². The Bertz CT molecular complexity index is 1260. The van der Waals surface area contributed by atoms with Crippen molar-refractivity contribution in [3.8, 4) is 5.69 Å². The maximum atomic E-state index is 12.7. The number of nitrogens with one attached hydrogen (secondary N) is 1. The van der Waals surface area contributed by atoms with Gasteiger partial charge in [-0.15, -0.1) is 0 Å². The van der Waals surface area contributed by atoms with Crippen molar-refractivity contribution in [3.05, 3.63) is 86.6 Å². The summed E-state index contributed by atoms with van der Waals surface area (Å²) in [5.74, 6) is -0.104. The molecule has 0 bridgehead atoms. The first kappa shape index (κ1) is 22.2. The Labute approximate surface area is 194 Å². The Morgan fingerprint density at radius 1 is 1.03 bits per heavy atom. The molecule has 1 aromatic heterocycles. The van der Waals surface area contributed by atoms with Crippen LogP contribution >= 0.6 is 11.8 Å². The fraction of sp³-hybridized carbons (Fsp3) is 0.259. The Hall–Kier alpha value is -3.05. The second kappa shape index (κ2) is 8.83. The third-order valence-electron chi connectivity index (χ3n) is 5.77. The van der Waals surface area contributed by atoms with Crippen LogP contribution in [0.15, 0.2) is 52.4 Å². The van der Waals surface area contributed by atoms with Crippen LogP contribution in [0.3, 0.4) is 0 Å². The first-order chi connectivity index (χ1) is 15.3. The molecule has 3 aromatic rings. The second-order valence-electron chi connectivity index (χ2n) is 8.43. The standard InChI is InChI=1S/C27H29N3OS/c1-7-21-10-8-9-18(4)25(21)30-19(5)14-22(20(30)6)15-24-26(31)29-27(32-24)28-23-12-16(2)11-17(3)13-23/h8-15H,7H2,1-6H3,(H,28,29,31)/b24-15-. The average molecular weight is 444 g/mol. The first-order valence-corrected chi connectivity index (χ1v) is 11.7. The number of rotatable bonds is 4. The lowest BCUT2D eigenvalue weighted by atomic mass is 10.1. The highest BCUT2D eigenvalue weighted by Crippen LogP contribution is 2.32. The van der Waals surface area contributed by atoms with E-state index in [4.69, 9.17) is 0 Å². The first-order valence-electron chi connectivity index (χ1n) is 10.9. The predicted octanol–water partition coefficient (Wildman–Crippen LogP) is 6.47. The van der Waals surface area contributed by atoms with E-state index in [1.807, 2.05) is 18.2 Å². The van der Waals surface area contributed by atoms with Gasteiger partial charge in [-0.05, 0) is 105 Å². The van der Waals surface area contributed by atoms with Crippen LogP contribution in [0.1, 0.15) is 46.1 Å². The summed E-state index contributed by atoms with van der Waals surface area (Å²) in [4.78, 5) is 18.0. The molecule has 0 saturated carbocycles. The Kier molecular flexibility index (Phi) is 6.11. The van der Waals surface area contributed by atoms with Gasteiger partial charge in [0.2, 0.25) is 0 Å². The molecular weight excluding hydrogens is 414 g/mol. The summed E-state index contributed by atoms with van der Waals surface area (Å²) < 4.78 is 2.31. The molecule has 0 spiro atoms. The summed E-state index contributed by atoms with van der Waals surface area (Å²) in [6.07, 6.45) is 2.95. The molecular formula is C27H29N3OS. The molecule has 2 heterocycles. The fourth-order valence-electron chi connectivity index (χ4n) is 4.36. The van der Waals surface area contributed by atoms with Gasteiger partial charge in [0.25, 0.3) is 5.91 Å². The lowest BCUT2D eigenvalue weighted by Crippen LogP contribution is -2.19. The van der Waals surface area contributed by atoms with Gasteiger partial charge in [-0.1, -0.05) is 31.2 Å². The van der Waals surface area contributed by atoms with Crippen molar-refractivity contribution in [1.29, 1.82) is 0 Å². The van der Waals surface area contributed by atoms with Crippen LogP contribution in [0.4, 0.5) is 5.69 Å². The molecule has 1 saturated heterocycles. The number of carbonyl (C=O) groups is 1. The Morgan fingerprint density at radius 2 is 1.75 bits per heavy atom. The number of aryl methyl sites for hydroxylation is 5. The van der Waals surface area contributed by atoms with Crippen molar-refractivity contribution in [2.24, 2.45) is 4.99 Å². The minimum Gasteiger partial charge on any atom is -0.317 e. The zero-order valence-corrected chi connectivity index (χ0v) is 20.4. The normalized spacial score (nSPS) is 16.2. The summed E-state index contributed by atoms with van der Waals surface area (Å²) in [5, 5.41) is 3.53. The predicted molar refractivity (Wildman–Crippen MR) is 136 cm³/mol. The van der Waals surface area contributed by atoms with E-state index in [9.17, 15) is 4.79 Å². The number of hydrogen-bond donors (Lipinski definition) is 1. The van der Waals surface area contributed by atoms with Crippen molar-refractivity contribution >= 4 is 34.6 Å². The quantitative estimate of drug-likeness (QED) is 0.470. The van der Waals surface area contributed by atoms with Crippen LogP contribution in [0, 0.1) is 34.6 Å². The van der Waals surface area contributed by atoms with Crippen molar-refractivity contribution in [3.63, 3.8) is 0 Å². The van der Waals surface area contributed by atoms with Crippen molar-refractivity contribution in [2.75, 3.05) is 0 Å². The van der Waals surface area contributed by atoms with E-state index in [0.717, 1.165) is 40.2 Å². The number of amides is 1. The third kappa shape index (κ3) is 4.30. The monoisotopic (exact) mass is 443 g/mol. The number of amidine groups is 1. The van der Waals surface area contributed by atoms with Gasteiger partial charge in [-0.3, -0.25) is 4.79 Å². The maximum Gasteiger partial charge on any atom is 0.264 e. The number of hydrogen-bond acceptors (Lipinski definition) is 3. The number of nitrogens with zero attached hydrogens (tertiary/aromatic N) is 2. The molecule has 5 heteroatoms. The zero-order valence-electron chi connectivity index (χ0n) is 19.5. The molecule has 4 rings (SSSR count). The number of aliphatic imine (C=N–C) groups is 1. The van der Waals surface area contributed by atoms with Gasteiger partial charge >= 0.3 is 0 Å². The highest BCUT2D eigenvalue weighted by molar-refractivity contribution is 8.18. The minimum absolute atomic E-state index is 0.104. The molecule has 0 aliphatic carbocycles. The minimum atomic E-state index is -0.104. The molecule has 1 amide bonds. The van der Waals surface area contributed by atoms with Crippen LogP contribution in [0.2, 0.25) is 0 Å². The summed E-state index contributed by atoms with van der Waals surface area (Å²) in [6, 6.07) is 14.8. The number of para-hydroxylation sites is 1. The van der Waals surface area contributed by atoms with Gasteiger partial charge in [0.05, 0.1) is 16.3 Å². The topological polar surface area (TPSA) is 46.4 Å². The number of benzene rings is 2. The van der Waals surface area contributed by atoms with E-state index < -0.39 is 0 Å². The number of aromatic nitrogens is 1. The SMILES string of the molecule is CCc1cccc(C)c1-n1c(C)cc(/C=C2\SC(=Nc3cc(C)cc(C)c3)NC2=O)c1C. The molecule has 1 fully saturated rings. The molecule has 0 radical (unpaired) electrons. The lowest BCUT2D eigenvalue weighted by Gasteiger charge is -2.17. The molecule has 1 aliphatic rings. The van der Waals surface area contributed by atoms with Gasteiger partial charge in [0, 0.05) is 11.4 Å². The van der Waals surface area contributed by atoms with Crippen molar-refractivity contribution in [1.82, 2.24) is 9.88 Å². The van der Waals surface area contributed by atoms with Crippen LogP contribution < -0.4 is 5.32 Å². The fourth-order valence-corrected chi connectivity index (χ4v) is 5.19. The zero-order chi connectivity index (χ0) is 23.0. The summed E-state index contributed by atoms with van der Waals surface area (Å²) in [7, 11) is 0. The summed E-state index contributed by atoms with van der Waals surface area (Å²) >= 11 is 1.39. The Balaban J connectivity index is 1.69. The van der Waals surface area contributed by atoms with Crippen molar-refractivity contribution < 1.29 is 4.79 Å². The van der Waals surface area contributed by atoms with E-state index in [0.29, 0.717) is 10.1 Å². The Morgan fingerprint density at radius 3 is 2.44 bits per heavy atom. The molecule has 164 valence electrons. The van der Waals surface area contributed by atoms with Gasteiger partial charge in [-0.25, -0.2) is 4.99 Å². The van der Waals surface area contributed by atoms with Crippen LogP contribution in [0.25, 0.3) is 11.8 Å². The molecule has 4 nitrogen and oxygen atoms in total. The van der Waals surface area contributed by atoms with Crippen molar-refractivity contribution in [2.45, 2.75) is 48.0 Å². The van der Waals surface area contributed by atoms with Gasteiger partial charge < -0.3 is 9.88 Å². The van der Waals surface area contributed by atoms with Crippen LogP contribution in [0.5, 0.6) is 0 Å². The molecule has 1 aliphatic heterocycles. The van der Waals surface area contributed by atoms with E-state index in [1.165, 1.54) is 28.6 Å². The van der Waals surface area contributed by atoms with E-state index >= 15 is 0 Å². The molecule has 0 atom stereocenters. The van der Waals surface area contributed by atoms with E-state index in [2.05, 4.69) is 86.8 Å². The summed E-state index contributed by atoms with van der Waals surface area (Å²) in [6.45, 7) is 12.7. The maximum absolute atomic E-state index is 12.7. The van der Waals surface area contributed by atoms with Gasteiger partial charge in [0.15, 0.2) is 5.17 Å². The highest BCUT2D eigenvalue weighted by atomic mass is 32.2. The average Bonchev–Trinajstić information content (AvgIpc) is 3.19. The lowest BCUT2D eigenvalue weighted by molar-refractivity contribution is -0.115. The molecule has 1 N–H and O–H groups in total. The largest absolute Gasteiger partial charge is 0.317 e. The molecule has 0 unspecified atom stereocenters. The highest BCUT2D eigenvalue weighted by Gasteiger charge is 2.25. The van der Waals surface area contributed by atoms with Gasteiger partial charge in [0.1, 0.15) is 0 Å². The number of thioether (sulfide) groups is 1. The van der Waals surface area contributed by atoms with Gasteiger partial charge in [-0.2, -0.15) is 0 Å². The van der Waals surface area contributed by atoms with Crippen LogP contribution in [-0.2, 0) is 11.2 Å². The second-order valence-corrected chi connectivity index (χ2v) is 9.46. The summed E-state index contributed by atoms with van der Waals surface area (Å²) in [5.41, 5.74) is 10.3. The van der Waals surface area contributed by atoms with E-state index in [1.54, 1.807) is 0 Å². The van der Waals surface area contributed by atoms with Crippen LogP contribution in [-0.4, -0.2) is 15.6 Å². The number of carbonyl (C=O) groups excluding carboxylic acids is 1. The molecule has 32 heavy (non-hydrogen) atoms. The third-order valence-corrected chi connectivity index (χ3v) is 6.68. The smallest absolute Gasteiger partial charge is 0.264 e.